The number of aliphatic hydroxyl groups is 3. The quantitative estimate of drug-likeness (QED) is 0.0329. The first-order valence-electron chi connectivity index (χ1n) is 51.3. The SMILES string of the molecule is CCCCN(CCCC)C(=O)c1cc(C)n(-c2ccc(-c3c(-c4ccccc4)noc3C)cc2C(=O)N2Cc3ccccc3C[C@H]2CO)n1.CCCCN(CCCC)C(=O)c1cc(C)n(-c2ccc(-c3ccc(N(C)C)cc3)cc2C(=O)N2Cc3ccccc3C[C@H]2CO)n1.CCCCN(CCCC)C(=O)c1cc(C)n(-c2ccc(-c3ccc(OC)c4ccccc34)cc2C(=O)N2Cc3ccccc3C[C@H]2CO)n1. The van der Waals surface area contributed by atoms with E-state index in [1.54, 1.807) is 41.9 Å². The van der Waals surface area contributed by atoms with Crippen LogP contribution in [0, 0.1) is 27.7 Å². The molecule has 3 N–H and O–H groups in total. The Bertz CT molecular complexity index is 6810. The van der Waals surface area contributed by atoms with Crippen LogP contribution in [-0.4, -0.2) is 213 Å². The van der Waals surface area contributed by atoms with E-state index < -0.39 is 6.04 Å². The average Bonchev–Trinajstić information content (AvgIpc) is 1.33. The van der Waals surface area contributed by atoms with Crippen LogP contribution in [0.4, 0.5) is 5.69 Å². The van der Waals surface area contributed by atoms with Gasteiger partial charge in [-0.25, -0.2) is 14.0 Å². The molecule has 0 fully saturated rings. The Balaban J connectivity index is 0.000000163. The number of nitrogens with zero attached hydrogens (tertiary/aromatic N) is 14. The van der Waals surface area contributed by atoms with Crippen LogP contribution in [0.3, 0.4) is 0 Å². The zero-order chi connectivity index (χ0) is 102. The van der Waals surface area contributed by atoms with E-state index in [1.165, 1.54) is 0 Å². The Morgan fingerprint density at radius 1 is 0.368 bits per heavy atom. The number of carbonyl (C=O) groups is 6. The van der Waals surface area contributed by atoms with E-state index in [-0.39, 0.29) is 67.3 Å². The molecular formula is C119H138N14O11. The number of aryl methyl sites for hydroxylation is 4. The molecule has 0 spiro atoms. The van der Waals surface area contributed by atoms with Gasteiger partial charge in [-0.2, -0.15) is 15.3 Å². The first kappa shape index (κ1) is 104. The summed E-state index contributed by atoms with van der Waals surface area (Å²) >= 11 is 0. The van der Waals surface area contributed by atoms with Crippen LogP contribution in [-0.2, 0) is 38.9 Å². The van der Waals surface area contributed by atoms with E-state index in [2.05, 4.69) is 100 Å². The van der Waals surface area contributed by atoms with Gasteiger partial charge in [-0.05, 0) is 225 Å². The van der Waals surface area contributed by atoms with Crippen LogP contribution in [0.1, 0.15) is 237 Å². The lowest BCUT2D eigenvalue weighted by atomic mass is 9.92. The van der Waals surface area contributed by atoms with Gasteiger partial charge in [0.1, 0.15) is 17.2 Å². The van der Waals surface area contributed by atoms with Crippen molar-refractivity contribution >= 4 is 51.9 Å². The maximum atomic E-state index is 14.8. The van der Waals surface area contributed by atoms with Crippen molar-refractivity contribution in [1.29, 1.82) is 0 Å². The Kier molecular flexibility index (Phi) is 35.1. The third kappa shape index (κ3) is 23.2. The number of aromatic nitrogens is 7. The van der Waals surface area contributed by atoms with Gasteiger partial charge in [0.25, 0.3) is 35.4 Å². The number of benzene rings is 10. The van der Waals surface area contributed by atoms with E-state index in [4.69, 9.17) is 24.6 Å². The fraction of sp³-hybridized carbons (Fsp3) is 0.361. The highest BCUT2D eigenvalue weighted by atomic mass is 16.5. The maximum absolute atomic E-state index is 14.8. The standard InChI is InChI=1S/C41H46N4O4.C40H45N5O4.C38H47N5O3/c1-5-7-21-43(22-8-6-2)41(48)37-23-28(3)45(42-37)38-19-17-30(33-18-20-39(49-4)35-16-12-11-15-34(33)35)25-36(38)40(47)44-26-31-14-10-9-13-29(31)24-32(44)27-46;1-5-7-20-43(21-8-6-2)40(48)35-22-27(3)45(41-35)36-19-18-31(37-28(4)49-42-38(37)29-14-10-9-11-15-29)24-34(36)39(47)44-25-32-17-13-12-16-30(32)23-33(44)26-46;1-6-8-20-41(21-9-7-2)38(46)35-22-27(3)43(39-35)36-19-16-30(28-14-17-32(18-15-28)40(4)5)24-34(36)37(45)42-25-31-13-11-10-12-29(31)23-33(42)26-44/h9-20,23,25,32,46H,5-8,21-22,24,26-27H2,1-4H3;9-19,22,24,33,46H,5-8,20-21,23,25-26H2,1-4H3;10-19,22,24,33,44H,6-9,20-21,23,25-26H2,1-5H3/t32-;2*33-/m000/s1. The number of hydrogen-bond acceptors (Lipinski definition) is 16. The molecule has 4 aromatic heterocycles. The highest BCUT2D eigenvalue weighted by molar-refractivity contribution is 6.05. The topological polar surface area (TPSA) is 275 Å². The van der Waals surface area contributed by atoms with Crippen molar-refractivity contribution in [3.05, 3.63) is 327 Å². The number of amides is 6. The molecule has 7 heterocycles. The monoisotopic (exact) mass is 1940 g/mol. The predicted octanol–water partition coefficient (Wildman–Crippen LogP) is 21.5. The number of fused-ring (bicyclic) bond motifs is 4. The summed E-state index contributed by atoms with van der Waals surface area (Å²) in [6.07, 6.45) is 13.3. The maximum Gasteiger partial charge on any atom is 0.274 e. The molecule has 3 aliphatic rings. The summed E-state index contributed by atoms with van der Waals surface area (Å²) < 4.78 is 16.5. The molecule has 3 aliphatic heterocycles. The number of aliphatic hydroxyl groups excluding tert-OH is 3. The fourth-order valence-electron chi connectivity index (χ4n) is 19.8. The van der Waals surface area contributed by atoms with Gasteiger partial charge in [-0.15, -0.1) is 0 Å². The van der Waals surface area contributed by atoms with Gasteiger partial charge in [0.05, 0.1) is 84.4 Å². The van der Waals surface area contributed by atoms with Gasteiger partial charge < -0.3 is 58.9 Å². The van der Waals surface area contributed by atoms with Crippen LogP contribution in [0.25, 0.3) is 72.5 Å². The number of carbonyl (C=O) groups excluding carboxylic acids is 6. The normalized spacial score (nSPS) is 14.2. The summed E-state index contributed by atoms with van der Waals surface area (Å²) in [5.41, 5.74) is 21.1. The number of anilines is 1. The summed E-state index contributed by atoms with van der Waals surface area (Å²) in [7, 11) is 5.68. The summed E-state index contributed by atoms with van der Waals surface area (Å²) in [5.74, 6) is 0.538. The van der Waals surface area contributed by atoms with Crippen LogP contribution >= 0.6 is 0 Å². The second kappa shape index (κ2) is 48.6. The smallest absolute Gasteiger partial charge is 0.274 e. The van der Waals surface area contributed by atoms with Crippen molar-refractivity contribution in [2.45, 2.75) is 203 Å². The fourth-order valence-corrected chi connectivity index (χ4v) is 19.8. The van der Waals surface area contributed by atoms with Crippen molar-refractivity contribution in [3.8, 4) is 67.4 Å². The van der Waals surface area contributed by atoms with Crippen molar-refractivity contribution < 1.29 is 53.3 Å². The van der Waals surface area contributed by atoms with Crippen molar-refractivity contribution in [3.63, 3.8) is 0 Å². The second-order valence-corrected chi connectivity index (χ2v) is 38.3. The average molecular weight is 1940 g/mol. The van der Waals surface area contributed by atoms with Crippen LogP contribution in [0.2, 0.25) is 0 Å². The first-order valence-corrected chi connectivity index (χ1v) is 51.3. The summed E-state index contributed by atoms with van der Waals surface area (Å²) in [6, 6.07) is 76.1. The lowest BCUT2D eigenvalue weighted by Crippen LogP contribution is -2.46. The Morgan fingerprint density at radius 2 is 0.701 bits per heavy atom. The lowest BCUT2D eigenvalue weighted by Gasteiger charge is -2.36. The first-order chi connectivity index (χ1) is 70.0. The Morgan fingerprint density at radius 3 is 1.07 bits per heavy atom. The number of unbranched alkanes of at least 4 members (excludes halogenated alkanes) is 6. The van der Waals surface area contributed by atoms with Crippen molar-refractivity contribution in [2.24, 2.45) is 0 Å². The zero-order valence-electron chi connectivity index (χ0n) is 85.7. The van der Waals surface area contributed by atoms with Gasteiger partial charge in [0.2, 0.25) is 0 Å². The molecule has 0 radical (unpaired) electrons. The van der Waals surface area contributed by atoms with Gasteiger partial charge in [-0.1, -0.05) is 249 Å². The molecule has 0 unspecified atom stereocenters. The van der Waals surface area contributed by atoms with E-state index >= 15 is 0 Å². The minimum Gasteiger partial charge on any atom is -0.496 e. The molecule has 25 heteroatoms. The van der Waals surface area contributed by atoms with Crippen LogP contribution in [0.5, 0.6) is 5.75 Å². The molecule has 3 atom stereocenters. The van der Waals surface area contributed by atoms with Crippen LogP contribution in [0.15, 0.2) is 241 Å². The molecule has 17 rings (SSSR count). The number of methoxy groups -OCH3 is 1. The van der Waals surface area contributed by atoms with Gasteiger partial charge >= 0.3 is 0 Å². The van der Waals surface area contributed by atoms with Crippen molar-refractivity contribution in [1.82, 2.24) is 63.9 Å². The van der Waals surface area contributed by atoms with Crippen molar-refractivity contribution in [2.75, 3.05) is 85.2 Å². The van der Waals surface area contributed by atoms with Gasteiger partial charge in [-0.3, -0.25) is 28.8 Å². The molecule has 0 bridgehead atoms. The molecule has 750 valence electrons. The molecule has 14 aromatic rings. The molecule has 25 nitrogen and oxygen atoms in total. The third-order valence-electron chi connectivity index (χ3n) is 28.0. The third-order valence-corrected chi connectivity index (χ3v) is 28.0. The molecular weight excluding hydrogens is 1800 g/mol. The van der Waals surface area contributed by atoms with Crippen LogP contribution < -0.4 is 9.64 Å². The number of ether oxygens (including phenoxy) is 1. The minimum absolute atomic E-state index is 0.0813. The summed E-state index contributed by atoms with van der Waals surface area (Å²) in [5, 5.41) is 52.2. The minimum atomic E-state index is -0.391. The molecule has 144 heavy (non-hydrogen) atoms. The summed E-state index contributed by atoms with van der Waals surface area (Å²) in [6.45, 7) is 25.2. The van der Waals surface area contributed by atoms with E-state index in [0.717, 1.165) is 189 Å². The lowest BCUT2D eigenvalue weighted by molar-refractivity contribution is 0.0539. The largest absolute Gasteiger partial charge is 0.496 e. The molecule has 0 saturated carbocycles. The highest BCUT2D eigenvalue weighted by Gasteiger charge is 2.38. The molecule has 0 aliphatic carbocycles. The number of hydrogen-bond donors (Lipinski definition) is 3. The highest BCUT2D eigenvalue weighted by Crippen LogP contribution is 2.42. The van der Waals surface area contributed by atoms with E-state index in [0.29, 0.717) is 140 Å². The van der Waals surface area contributed by atoms with Gasteiger partial charge in [0, 0.05) is 107 Å². The second-order valence-electron chi connectivity index (χ2n) is 38.3. The molecule has 10 aromatic carbocycles. The Labute approximate surface area is 846 Å². The molecule has 6 amide bonds. The zero-order valence-corrected chi connectivity index (χ0v) is 85.7. The van der Waals surface area contributed by atoms with E-state index in [1.807, 2.05) is 238 Å². The molecule has 0 saturated heterocycles. The van der Waals surface area contributed by atoms with E-state index in [9.17, 15) is 44.1 Å². The van der Waals surface area contributed by atoms with Gasteiger partial charge in [0.15, 0.2) is 17.1 Å². The summed E-state index contributed by atoms with van der Waals surface area (Å²) in [4.78, 5) is 98.5. The Hall–Kier alpha value is -14.4. The number of rotatable bonds is 36. The predicted molar refractivity (Wildman–Crippen MR) is 570 cm³/mol.